The van der Waals surface area contributed by atoms with E-state index in [9.17, 15) is 4.79 Å². The molecule has 0 aromatic carbocycles. The monoisotopic (exact) mass is 226 g/mol. The molecule has 1 heterocycles. The van der Waals surface area contributed by atoms with Crippen molar-refractivity contribution in [3.05, 3.63) is 16.7 Å². The second kappa shape index (κ2) is 5.50. The van der Waals surface area contributed by atoms with Crippen LogP contribution in [0.5, 0.6) is 5.75 Å². The summed E-state index contributed by atoms with van der Waals surface area (Å²) in [6.45, 7) is 2.86. The van der Waals surface area contributed by atoms with Gasteiger partial charge in [-0.25, -0.2) is 4.98 Å². The van der Waals surface area contributed by atoms with Crippen molar-refractivity contribution in [3.63, 3.8) is 0 Å². The Morgan fingerprint density at radius 1 is 1.62 bits per heavy atom. The molecule has 16 heavy (non-hydrogen) atoms. The molecule has 1 aromatic rings. The van der Waals surface area contributed by atoms with Crippen LogP contribution >= 0.6 is 0 Å². The Balaban J connectivity index is 2.80. The van der Waals surface area contributed by atoms with Crippen LogP contribution in [0.3, 0.4) is 0 Å². The lowest BCUT2D eigenvalue weighted by Crippen LogP contribution is -2.30. The quantitative estimate of drug-likeness (QED) is 0.747. The summed E-state index contributed by atoms with van der Waals surface area (Å²) in [6, 6.07) is 0.179. The third-order valence-corrected chi connectivity index (χ3v) is 2.04. The van der Waals surface area contributed by atoms with Gasteiger partial charge in [-0.2, -0.15) is 0 Å². The standard InChI is InChI=1S/C10H18N4O2/c1-7(5-14(2)3)13-9-8(16-4)10(15)12-6-11-9/h6-7H,5H2,1-4H3,(H2,11,12,13,15). The van der Waals surface area contributed by atoms with E-state index in [0.717, 1.165) is 6.54 Å². The van der Waals surface area contributed by atoms with Crippen LogP contribution in [0.15, 0.2) is 11.1 Å². The van der Waals surface area contributed by atoms with Crippen molar-refractivity contribution >= 4 is 5.82 Å². The molecule has 0 fully saturated rings. The maximum Gasteiger partial charge on any atom is 0.295 e. The van der Waals surface area contributed by atoms with Gasteiger partial charge in [0.05, 0.1) is 13.4 Å². The summed E-state index contributed by atoms with van der Waals surface area (Å²) in [5, 5.41) is 3.14. The van der Waals surface area contributed by atoms with E-state index < -0.39 is 0 Å². The number of likely N-dealkylation sites (N-methyl/N-ethyl adjacent to an activating group) is 1. The molecule has 90 valence electrons. The van der Waals surface area contributed by atoms with Crippen LogP contribution in [0, 0.1) is 0 Å². The van der Waals surface area contributed by atoms with Gasteiger partial charge in [-0.3, -0.25) is 4.79 Å². The SMILES string of the molecule is COc1c(NC(C)CN(C)C)nc[nH]c1=O. The Morgan fingerprint density at radius 3 is 2.88 bits per heavy atom. The van der Waals surface area contributed by atoms with Crippen LogP contribution in [0.2, 0.25) is 0 Å². The zero-order valence-electron chi connectivity index (χ0n) is 10.1. The molecule has 0 saturated heterocycles. The summed E-state index contributed by atoms with van der Waals surface area (Å²) in [6.07, 6.45) is 1.36. The van der Waals surface area contributed by atoms with E-state index in [4.69, 9.17) is 4.74 Å². The van der Waals surface area contributed by atoms with Crippen LogP contribution in [0.1, 0.15) is 6.92 Å². The van der Waals surface area contributed by atoms with Gasteiger partial charge in [0.25, 0.3) is 5.56 Å². The maximum atomic E-state index is 11.4. The van der Waals surface area contributed by atoms with E-state index in [-0.39, 0.29) is 17.4 Å². The number of nitrogens with zero attached hydrogens (tertiary/aromatic N) is 2. The van der Waals surface area contributed by atoms with Crippen molar-refractivity contribution < 1.29 is 4.74 Å². The highest BCUT2D eigenvalue weighted by Gasteiger charge is 2.11. The van der Waals surface area contributed by atoms with Crippen LogP contribution in [-0.4, -0.2) is 48.7 Å². The van der Waals surface area contributed by atoms with E-state index in [1.165, 1.54) is 13.4 Å². The second-order valence-electron chi connectivity index (χ2n) is 3.92. The number of ether oxygens (including phenoxy) is 1. The normalized spacial score (nSPS) is 12.6. The predicted octanol–water partition coefficient (Wildman–Crippen LogP) is 0.140. The van der Waals surface area contributed by atoms with Gasteiger partial charge in [-0.1, -0.05) is 0 Å². The Labute approximate surface area is 94.6 Å². The van der Waals surface area contributed by atoms with Gasteiger partial charge < -0.3 is 19.9 Å². The third-order valence-electron chi connectivity index (χ3n) is 2.04. The van der Waals surface area contributed by atoms with Gasteiger partial charge in [-0.15, -0.1) is 0 Å². The highest BCUT2D eigenvalue weighted by atomic mass is 16.5. The zero-order chi connectivity index (χ0) is 12.1. The second-order valence-corrected chi connectivity index (χ2v) is 3.92. The zero-order valence-corrected chi connectivity index (χ0v) is 10.1. The van der Waals surface area contributed by atoms with Crippen molar-refractivity contribution in [1.29, 1.82) is 0 Å². The van der Waals surface area contributed by atoms with Crippen molar-refractivity contribution in [2.75, 3.05) is 33.1 Å². The molecule has 1 rings (SSSR count). The molecule has 0 aliphatic rings. The lowest BCUT2D eigenvalue weighted by Gasteiger charge is -2.19. The molecule has 0 bridgehead atoms. The molecule has 0 amide bonds. The molecule has 0 aliphatic carbocycles. The molecule has 1 atom stereocenters. The molecule has 0 radical (unpaired) electrons. The molecule has 1 unspecified atom stereocenters. The minimum Gasteiger partial charge on any atom is -0.489 e. The third kappa shape index (κ3) is 3.23. The Kier molecular flexibility index (Phi) is 4.30. The average molecular weight is 226 g/mol. The molecular formula is C10H18N4O2. The first-order valence-electron chi connectivity index (χ1n) is 5.07. The first kappa shape index (κ1) is 12.5. The summed E-state index contributed by atoms with van der Waals surface area (Å²) in [4.78, 5) is 20.0. The van der Waals surface area contributed by atoms with E-state index in [2.05, 4.69) is 20.2 Å². The minimum absolute atomic E-state index is 0.179. The fourth-order valence-corrected chi connectivity index (χ4v) is 1.51. The first-order valence-corrected chi connectivity index (χ1v) is 5.07. The molecule has 1 aromatic heterocycles. The summed E-state index contributed by atoms with van der Waals surface area (Å²) >= 11 is 0. The van der Waals surface area contributed by atoms with Gasteiger partial charge in [-0.05, 0) is 21.0 Å². The molecule has 2 N–H and O–H groups in total. The fraction of sp³-hybridized carbons (Fsp3) is 0.600. The van der Waals surface area contributed by atoms with Gasteiger partial charge in [0.15, 0.2) is 5.82 Å². The number of anilines is 1. The average Bonchev–Trinajstić information content (AvgIpc) is 2.16. The van der Waals surface area contributed by atoms with Crippen molar-refractivity contribution in [2.45, 2.75) is 13.0 Å². The highest BCUT2D eigenvalue weighted by molar-refractivity contribution is 5.48. The molecule has 0 spiro atoms. The Bertz CT molecular complexity index is 389. The van der Waals surface area contributed by atoms with E-state index in [1.807, 2.05) is 21.0 Å². The number of rotatable bonds is 5. The van der Waals surface area contributed by atoms with E-state index >= 15 is 0 Å². The smallest absolute Gasteiger partial charge is 0.295 e. The fourth-order valence-electron chi connectivity index (χ4n) is 1.51. The lowest BCUT2D eigenvalue weighted by molar-refractivity contribution is 0.387. The number of methoxy groups -OCH3 is 1. The Hall–Kier alpha value is -1.56. The van der Waals surface area contributed by atoms with Crippen LogP contribution in [-0.2, 0) is 0 Å². The van der Waals surface area contributed by atoms with Gasteiger partial charge in [0.2, 0.25) is 5.75 Å². The summed E-state index contributed by atoms with van der Waals surface area (Å²) in [5.74, 6) is 0.689. The van der Waals surface area contributed by atoms with E-state index in [0.29, 0.717) is 5.82 Å². The highest BCUT2D eigenvalue weighted by Crippen LogP contribution is 2.15. The molecule has 6 heteroatoms. The summed E-state index contributed by atoms with van der Waals surface area (Å²) in [5.41, 5.74) is -0.281. The number of hydrogen-bond donors (Lipinski definition) is 2. The predicted molar refractivity (Wildman–Crippen MR) is 63.0 cm³/mol. The van der Waals surface area contributed by atoms with Crippen LogP contribution < -0.4 is 15.6 Å². The van der Waals surface area contributed by atoms with Crippen LogP contribution in [0.25, 0.3) is 0 Å². The van der Waals surface area contributed by atoms with E-state index in [1.54, 1.807) is 0 Å². The maximum absolute atomic E-state index is 11.4. The van der Waals surface area contributed by atoms with Gasteiger partial charge in [0.1, 0.15) is 0 Å². The molecule has 6 nitrogen and oxygen atoms in total. The largest absolute Gasteiger partial charge is 0.489 e. The number of aromatic amines is 1. The van der Waals surface area contributed by atoms with Gasteiger partial charge >= 0.3 is 0 Å². The first-order chi connectivity index (χ1) is 7.54. The molecular weight excluding hydrogens is 208 g/mol. The van der Waals surface area contributed by atoms with Crippen molar-refractivity contribution in [2.24, 2.45) is 0 Å². The summed E-state index contributed by atoms with van der Waals surface area (Å²) in [7, 11) is 5.43. The van der Waals surface area contributed by atoms with Gasteiger partial charge in [0, 0.05) is 12.6 Å². The number of H-pyrrole nitrogens is 1. The summed E-state index contributed by atoms with van der Waals surface area (Å²) < 4.78 is 5.00. The van der Waals surface area contributed by atoms with Crippen molar-refractivity contribution in [1.82, 2.24) is 14.9 Å². The minimum atomic E-state index is -0.281. The van der Waals surface area contributed by atoms with Crippen LogP contribution in [0.4, 0.5) is 5.82 Å². The molecule has 0 saturated carbocycles. The lowest BCUT2D eigenvalue weighted by atomic mass is 10.3. The Morgan fingerprint density at radius 2 is 2.31 bits per heavy atom. The number of aromatic nitrogens is 2. The topological polar surface area (TPSA) is 70.2 Å². The number of hydrogen-bond acceptors (Lipinski definition) is 5. The number of nitrogens with one attached hydrogen (secondary N) is 2. The van der Waals surface area contributed by atoms with Crippen molar-refractivity contribution in [3.8, 4) is 5.75 Å². The molecule has 0 aliphatic heterocycles.